The Hall–Kier alpha value is -1.77. The number of nitrogens with zero attached hydrogens (tertiary/aromatic N) is 1. The summed E-state index contributed by atoms with van der Waals surface area (Å²) in [5, 5.41) is 10.0. The smallest absolute Gasteiger partial charge is 0.390 e. The number of aliphatic hydroxyl groups excluding tert-OH is 1. The van der Waals surface area contributed by atoms with Crippen molar-refractivity contribution in [1.29, 1.82) is 0 Å². The first-order valence-electron chi connectivity index (χ1n) is 4.96. The van der Waals surface area contributed by atoms with Gasteiger partial charge in [0, 0.05) is 6.20 Å². The molecule has 0 aliphatic carbocycles. The van der Waals surface area contributed by atoms with Crippen LogP contribution in [0.15, 0.2) is 18.3 Å². The number of aromatic nitrogens is 1. The van der Waals surface area contributed by atoms with Gasteiger partial charge in [-0.25, -0.2) is 8.78 Å². The van der Waals surface area contributed by atoms with Crippen molar-refractivity contribution in [2.24, 2.45) is 0 Å². The molecule has 0 saturated heterocycles. The van der Waals surface area contributed by atoms with Crippen LogP contribution in [-0.2, 0) is 6.18 Å². The monoisotopic (exact) mass is 284 g/mol. The van der Waals surface area contributed by atoms with Crippen LogP contribution in [0.1, 0.15) is 16.1 Å². The molecule has 1 amide bonds. The molecule has 1 aromatic heterocycles. The average Bonchev–Trinajstić information content (AvgIpc) is 2.35. The maximum Gasteiger partial charge on any atom is 0.417 e. The Balaban J connectivity index is 2.69. The molecular formula is C10H9F5N2O2. The van der Waals surface area contributed by atoms with Crippen LogP contribution >= 0.6 is 0 Å². The molecule has 0 aliphatic rings. The fourth-order valence-corrected chi connectivity index (χ4v) is 1.05. The topological polar surface area (TPSA) is 62.2 Å². The van der Waals surface area contributed by atoms with E-state index in [1.807, 2.05) is 0 Å². The zero-order valence-corrected chi connectivity index (χ0v) is 9.34. The molecule has 0 atom stereocenters. The highest BCUT2D eigenvalue weighted by Crippen LogP contribution is 2.28. The molecule has 2 N–H and O–H groups in total. The second-order valence-corrected chi connectivity index (χ2v) is 3.63. The van der Waals surface area contributed by atoms with Crippen molar-refractivity contribution in [3.63, 3.8) is 0 Å². The molecule has 1 rings (SSSR count). The molecule has 4 nitrogen and oxygen atoms in total. The number of rotatable bonds is 4. The van der Waals surface area contributed by atoms with E-state index in [2.05, 4.69) is 4.98 Å². The molecule has 0 spiro atoms. The van der Waals surface area contributed by atoms with E-state index in [0.717, 1.165) is 6.07 Å². The van der Waals surface area contributed by atoms with E-state index >= 15 is 0 Å². The number of amides is 1. The van der Waals surface area contributed by atoms with Gasteiger partial charge in [0.05, 0.1) is 12.1 Å². The highest BCUT2D eigenvalue weighted by molar-refractivity contribution is 5.92. The molecule has 0 radical (unpaired) electrons. The Labute approximate surface area is 104 Å². The molecule has 0 aromatic carbocycles. The summed E-state index contributed by atoms with van der Waals surface area (Å²) in [6.45, 7) is -2.58. The van der Waals surface area contributed by atoms with Crippen LogP contribution in [0.3, 0.4) is 0 Å². The third-order valence-corrected chi connectivity index (χ3v) is 2.06. The molecule has 0 bridgehead atoms. The maximum atomic E-state index is 12.6. The van der Waals surface area contributed by atoms with E-state index in [-0.39, 0.29) is 0 Å². The highest BCUT2D eigenvalue weighted by atomic mass is 19.4. The minimum absolute atomic E-state index is 0.429. The normalized spacial score (nSPS) is 12.3. The molecule has 1 aromatic rings. The second kappa shape index (κ2) is 5.47. The van der Waals surface area contributed by atoms with Crippen molar-refractivity contribution in [1.82, 2.24) is 10.3 Å². The van der Waals surface area contributed by atoms with Gasteiger partial charge >= 0.3 is 6.18 Å². The van der Waals surface area contributed by atoms with Crippen LogP contribution in [0.25, 0.3) is 0 Å². The van der Waals surface area contributed by atoms with Crippen molar-refractivity contribution in [2.45, 2.75) is 12.1 Å². The first-order valence-corrected chi connectivity index (χ1v) is 4.96. The number of pyridine rings is 1. The highest BCUT2D eigenvalue weighted by Gasteiger charge is 2.31. The van der Waals surface area contributed by atoms with Crippen LogP contribution in [0.5, 0.6) is 0 Å². The number of hydrogen-bond donors (Lipinski definition) is 2. The zero-order valence-electron chi connectivity index (χ0n) is 9.34. The Morgan fingerprint density at radius 1 is 1.26 bits per heavy atom. The zero-order chi connectivity index (χ0) is 14.7. The molecule has 0 fully saturated rings. The Bertz CT molecular complexity index is 444. The van der Waals surface area contributed by atoms with E-state index in [0.29, 0.717) is 12.3 Å². The lowest BCUT2D eigenvalue weighted by Crippen LogP contribution is -2.39. The first-order chi connectivity index (χ1) is 8.65. The minimum atomic E-state index is -4.59. The SMILES string of the molecule is O=C(NCC(F)(F)CO)c1ccc(C(F)(F)F)cn1. The number of alkyl halides is 5. The van der Waals surface area contributed by atoms with E-state index in [4.69, 9.17) is 5.11 Å². The van der Waals surface area contributed by atoms with Crippen LogP contribution in [0.2, 0.25) is 0 Å². The number of carbonyl (C=O) groups excluding carboxylic acids is 1. The van der Waals surface area contributed by atoms with Gasteiger partial charge in [-0.1, -0.05) is 0 Å². The summed E-state index contributed by atoms with van der Waals surface area (Å²) < 4.78 is 61.8. The summed E-state index contributed by atoms with van der Waals surface area (Å²) in [4.78, 5) is 14.5. The van der Waals surface area contributed by atoms with Gasteiger partial charge in [-0.2, -0.15) is 13.2 Å². The number of nitrogens with one attached hydrogen (secondary N) is 1. The number of hydrogen-bond acceptors (Lipinski definition) is 3. The van der Waals surface area contributed by atoms with Crippen LogP contribution in [0, 0.1) is 0 Å². The van der Waals surface area contributed by atoms with Gasteiger partial charge in [0.1, 0.15) is 12.3 Å². The second-order valence-electron chi connectivity index (χ2n) is 3.63. The molecule has 0 aliphatic heterocycles. The largest absolute Gasteiger partial charge is 0.417 e. The van der Waals surface area contributed by atoms with E-state index in [1.165, 1.54) is 0 Å². The quantitative estimate of drug-likeness (QED) is 0.823. The summed E-state index contributed by atoms with van der Waals surface area (Å²) in [6, 6.07) is 1.39. The van der Waals surface area contributed by atoms with Crippen molar-refractivity contribution in [3.8, 4) is 0 Å². The molecule has 1 heterocycles. The van der Waals surface area contributed by atoms with E-state index in [1.54, 1.807) is 5.32 Å². The standard InChI is InChI=1S/C10H9F5N2O2/c11-9(12,5-18)4-17-8(19)7-2-1-6(3-16-7)10(13,14)15/h1-3,18H,4-5H2,(H,17,19). The van der Waals surface area contributed by atoms with Crippen molar-refractivity contribution in [2.75, 3.05) is 13.2 Å². The number of halogens is 5. The van der Waals surface area contributed by atoms with Crippen LogP contribution in [0.4, 0.5) is 22.0 Å². The predicted octanol–water partition coefficient (Wildman–Crippen LogP) is 1.46. The van der Waals surface area contributed by atoms with Crippen LogP contribution < -0.4 is 5.32 Å². The van der Waals surface area contributed by atoms with Gasteiger partial charge in [0.25, 0.3) is 11.8 Å². The van der Waals surface area contributed by atoms with E-state index in [9.17, 15) is 26.7 Å². The van der Waals surface area contributed by atoms with Crippen molar-refractivity contribution < 1.29 is 31.9 Å². The van der Waals surface area contributed by atoms with Gasteiger partial charge in [-0.05, 0) is 12.1 Å². The van der Waals surface area contributed by atoms with Crippen LogP contribution in [-0.4, -0.2) is 35.1 Å². The summed E-state index contributed by atoms with van der Waals surface area (Å²) in [5.74, 6) is -4.55. The fraction of sp³-hybridized carbons (Fsp3) is 0.400. The third kappa shape index (κ3) is 4.43. The van der Waals surface area contributed by atoms with Gasteiger partial charge in [0.2, 0.25) is 0 Å². The number of carbonyl (C=O) groups is 1. The minimum Gasteiger partial charge on any atom is -0.390 e. The lowest BCUT2D eigenvalue weighted by atomic mass is 10.2. The third-order valence-electron chi connectivity index (χ3n) is 2.06. The van der Waals surface area contributed by atoms with Gasteiger partial charge in [-0.3, -0.25) is 9.78 Å². The van der Waals surface area contributed by atoms with Gasteiger partial charge in [-0.15, -0.1) is 0 Å². The summed E-state index contributed by atoms with van der Waals surface area (Å²) in [5.41, 5.74) is -1.48. The molecule has 106 valence electrons. The summed E-state index contributed by atoms with van der Waals surface area (Å²) >= 11 is 0. The lowest BCUT2D eigenvalue weighted by molar-refractivity contribution is -0.137. The molecule has 19 heavy (non-hydrogen) atoms. The van der Waals surface area contributed by atoms with Crippen molar-refractivity contribution >= 4 is 5.91 Å². The summed E-state index contributed by atoms with van der Waals surface area (Å²) in [7, 11) is 0. The predicted molar refractivity (Wildman–Crippen MR) is 53.6 cm³/mol. The first kappa shape index (κ1) is 15.3. The maximum absolute atomic E-state index is 12.6. The Morgan fingerprint density at radius 3 is 2.32 bits per heavy atom. The molecule has 0 unspecified atom stereocenters. The molecular weight excluding hydrogens is 275 g/mol. The van der Waals surface area contributed by atoms with Gasteiger partial charge in [0.15, 0.2) is 0 Å². The Kier molecular flexibility index (Phi) is 4.40. The lowest BCUT2D eigenvalue weighted by Gasteiger charge is -2.13. The fourth-order valence-electron chi connectivity index (χ4n) is 1.05. The Morgan fingerprint density at radius 2 is 1.89 bits per heavy atom. The summed E-state index contributed by atoms with van der Waals surface area (Å²) in [6.07, 6.45) is -4.16. The van der Waals surface area contributed by atoms with Gasteiger partial charge < -0.3 is 10.4 Å². The molecule has 9 heteroatoms. The van der Waals surface area contributed by atoms with Crippen molar-refractivity contribution in [3.05, 3.63) is 29.6 Å². The van der Waals surface area contributed by atoms with E-state index < -0.39 is 42.4 Å². The number of aliphatic hydroxyl groups is 1. The average molecular weight is 284 g/mol. The molecule has 0 saturated carbocycles.